The van der Waals surface area contributed by atoms with Gasteiger partial charge in [-0.1, -0.05) is 47.5 Å². The van der Waals surface area contributed by atoms with Crippen molar-refractivity contribution in [3.63, 3.8) is 0 Å². The Labute approximate surface area is 194 Å². The van der Waals surface area contributed by atoms with Gasteiger partial charge in [0.15, 0.2) is 5.17 Å². The minimum Gasteiger partial charge on any atom is -0.281 e. The summed E-state index contributed by atoms with van der Waals surface area (Å²) in [6.45, 7) is 4.55. The van der Waals surface area contributed by atoms with E-state index in [1.165, 1.54) is 11.8 Å². The van der Waals surface area contributed by atoms with Crippen molar-refractivity contribution in [3.05, 3.63) is 90.4 Å². The van der Waals surface area contributed by atoms with E-state index >= 15 is 0 Å². The summed E-state index contributed by atoms with van der Waals surface area (Å²) in [5.74, 6) is -0.0662. The Hall–Kier alpha value is -2.05. The van der Waals surface area contributed by atoms with Gasteiger partial charge in [-0.25, -0.2) is 4.99 Å². The van der Waals surface area contributed by atoms with Gasteiger partial charge in [0.1, 0.15) is 0 Å². The fourth-order valence-electron chi connectivity index (χ4n) is 2.99. The number of halogens is 2. The summed E-state index contributed by atoms with van der Waals surface area (Å²) in [6, 6.07) is 15.5. The standard InChI is InChI=1S/C23H18Cl2N2OS2/c1-14-5-6-15(2)20(10-14)26-23-27(13-17-4-3-9-29-17)22(28)21(30-23)12-16-7-8-18(24)19(25)11-16/h3-12H,13H2,1-2H3/b21-12+,26-23?. The second-order valence-electron chi connectivity index (χ2n) is 6.94. The van der Waals surface area contributed by atoms with Crippen LogP contribution in [0.15, 0.2) is 63.8 Å². The number of amidine groups is 1. The summed E-state index contributed by atoms with van der Waals surface area (Å²) < 4.78 is 0. The normalized spacial score (nSPS) is 16.8. The zero-order valence-corrected chi connectivity index (χ0v) is 19.5. The van der Waals surface area contributed by atoms with Gasteiger partial charge in [0, 0.05) is 4.88 Å². The van der Waals surface area contributed by atoms with Crippen LogP contribution < -0.4 is 0 Å². The van der Waals surface area contributed by atoms with Crippen molar-refractivity contribution in [2.75, 3.05) is 0 Å². The van der Waals surface area contributed by atoms with Crippen LogP contribution in [0.2, 0.25) is 10.0 Å². The Bertz CT molecular complexity index is 1170. The van der Waals surface area contributed by atoms with Crippen LogP contribution in [0.3, 0.4) is 0 Å². The molecule has 0 radical (unpaired) electrons. The first-order valence-corrected chi connectivity index (χ1v) is 11.7. The molecule has 0 spiro atoms. The van der Waals surface area contributed by atoms with E-state index in [4.69, 9.17) is 28.2 Å². The minimum atomic E-state index is -0.0662. The predicted octanol–water partition coefficient (Wildman–Crippen LogP) is 7.48. The van der Waals surface area contributed by atoms with Crippen molar-refractivity contribution in [3.8, 4) is 0 Å². The zero-order chi connectivity index (χ0) is 21.3. The molecule has 152 valence electrons. The third-order valence-corrected chi connectivity index (χ3v) is 7.21. The molecule has 0 N–H and O–H groups in total. The number of aryl methyl sites for hydroxylation is 2. The van der Waals surface area contributed by atoms with E-state index in [1.807, 2.05) is 55.6 Å². The highest BCUT2D eigenvalue weighted by Crippen LogP contribution is 2.37. The number of carbonyl (C=O) groups excluding carboxylic acids is 1. The summed E-state index contributed by atoms with van der Waals surface area (Å²) in [7, 11) is 0. The number of amides is 1. The number of hydrogen-bond donors (Lipinski definition) is 0. The Morgan fingerprint density at radius 2 is 1.90 bits per heavy atom. The molecular weight excluding hydrogens is 455 g/mol. The van der Waals surface area contributed by atoms with E-state index in [1.54, 1.807) is 28.4 Å². The van der Waals surface area contributed by atoms with Crippen molar-refractivity contribution in [1.82, 2.24) is 4.90 Å². The second-order valence-corrected chi connectivity index (χ2v) is 9.79. The molecule has 7 heteroatoms. The van der Waals surface area contributed by atoms with Crippen LogP contribution in [0.4, 0.5) is 5.69 Å². The summed E-state index contributed by atoms with van der Waals surface area (Å²) in [6.07, 6.45) is 1.84. The number of rotatable bonds is 4. The lowest BCUT2D eigenvalue weighted by atomic mass is 10.1. The number of hydrogen-bond acceptors (Lipinski definition) is 4. The lowest BCUT2D eigenvalue weighted by Gasteiger charge is -2.15. The van der Waals surface area contributed by atoms with Crippen molar-refractivity contribution in [2.45, 2.75) is 20.4 Å². The molecule has 3 nitrogen and oxygen atoms in total. The molecule has 4 rings (SSSR count). The van der Waals surface area contributed by atoms with Crippen LogP contribution in [0.25, 0.3) is 6.08 Å². The maximum atomic E-state index is 13.2. The summed E-state index contributed by atoms with van der Waals surface area (Å²) in [4.78, 5) is 21.5. The van der Waals surface area contributed by atoms with Gasteiger partial charge in [-0.05, 0) is 78.0 Å². The van der Waals surface area contributed by atoms with Crippen LogP contribution in [0, 0.1) is 13.8 Å². The largest absolute Gasteiger partial charge is 0.281 e. The fraction of sp³-hybridized carbons (Fsp3) is 0.130. The van der Waals surface area contributed by atoms with Crippen molar-refractivity contribution in [2.24, 2.45) is 4.99 Å². The number of carbonyl (C=O) groups is 1. The van der Waals surface area contributed by atoms with Crippen LogP contribution >= 0.6 is 46.3 Å². The topological polar surface area (TPSA) is 32.7 Å². The number of nitrogens with zero attached hydrogens (tertiary/aromatic N) is 2. The third-order valence-electron chi connectivity index (χ3n) is 4.60. The van der Waals surface area contributed by atoms with E-state index in [2.05, 4.69) is 6.07 Å². The number of thiophene rings is 1. The van der Waals surface area contributed by atoms with Crippen LogP contribution in [0.5, 0.6) is 0 Å². The monoisotopic (exact) mass is 472 g/mol. The van der Waals surface area contributed by atoms with Crippen LogP contribution in [-0.2, 0) is 11.3 Å². The molecule has 2 heterocycles. The summed E-state index contributed by atoms with van der Waals surface area (Å²) >= 11 is 15.2. The molecule has 1 aliphatic rings. The van der Waals surface area contributed by atoms with E-state index in [9.17, 15) is 4.79 Å². The number of aliphatic imine (C=N–C) groups is 1. The number of benzene rings is 2. The summed E-state index contributed by atoms with van der Waals surface area (Å²) in [5.41, 5.74) is 3.89. The highest BCUT2D eigenvalue weighted by atomic mass is 35.5. The van der Waals surface area contributed by atoms with Gasteiger partial charge in [-0.15, -0.1) is 11.3 Å². The number of thioether (sulfide) groups is 1. The van der Waals surface area contributed by atoms with Crippen molar-refractivity contribution in [1.29, 1.82) is 0 Å². The quantitative estimate of drug-likeness (QED) is 0.368. The van der Waals surface area contributed by atoms with Crippen molar-refractivity contribution < 1.29 is 4.79 Å². The molecule has 1 fully saturated rings. The van der Waals surface area contributed by atoms with Gasteiger partial charge in [0.25, 0.3) is 5.91 Å². The highest BCUT2D eigenvalue weighted by Gasteiger charge is 2.33. The molecule has 0 aliphatic carbocycles. The zero-order valence-electron chi connectivity index (χ0n) is 16.4. The van der Waals surface area contributed by atoms with Crippen LogP contribution in [0.1, 0.15) is 21.6 Å². The SMILES string of the molecule is Cc1ccc(C)c(N=C2S/C(=C/c3ccc(Cl)c(Cl)c3)C(=O)N2Cc2cccs2)c1. The predicted molar refractivity (Wildman–Crippen MR) is 130 cm³/mol. The Kier molecular flexibility index (Phi) is 6.34. The van der Waals surface area contributed by atoms with Crippen LogP contribution in [-0.4, -0.2) is 16.0 Å². The maximum absolute atomic E-state index is 13.2. The molecular formula is C23H18Cl2N2OS2. The van der Waals surface area contributed by atoms with Gasteiger partial charge in [0.2, 0.25) is 0 Å². The third kappa shape index (κ3) is 4.65. The van der Waals surface area contributed by atoms with Gasteiger partial charge in [-0.3, -0.25) is 9.69 Å². The first kappa shape index (κ1) is 21.2. The average molecular weight is 473 g/mol. The summed E-state index contributed by atoms with van der Waals surface area (Å²) in [5, 5.41) is 3.63. The molecule has 2 aromatic carbocycles. The first-order chi connectivity index (χ1) is 14.4. The average Bonchev–Trinajstić information content (AvgIpc) is 3.32. The van der Waals surface area contributed by atoms with Gasteiger partial charge in [-0.2, -0.15) is 0 Å². The maximum Gasteiger partial charge on any atom is 0.267 e. The molecule has 0 atom stereocenters. The van der Waals surface area contributed by atoms with E-state index < -0.39 is 0 Å². The lowest BCUT2D eigenvalue weighted by Crippen LogP contribution is -2.28. The fourth-order valence-corrected chi connectivity index (χ4v) is 4.98. The van der Waals surface area contributed by atoms with E-state index in [-0.39, 0.29) is 5.91 Å². The Morgan fingerprint density at radius 3 is 2.63 bits per heavy atom. The molecule has 3 aromatic rings. The lowest BCUT2D eigenvalue weighted by molar-refractivity contribution is -0.122. The first-order valence-electron chi connectivity index (χ1n) is 9.25. The molecule has 1 saturated heterocycles. The van der Waals surface area contributed by atoms with Gasteiger partial charge < -0.3 is 0 Å². The Morgan fingerprint density at radius 1 is 1.07 bits per heavy atom. The molecule has 0 unspecified atom stereocenters. The van der Waals surface area contributed by atoms with E-state index in [0.717, 1.165) is 27.3 Å². The molecule has 1 amide bonds. The Balaban J connectivity index is 1.73. The molecule has 1 aromatic heterocycles. The van der Waals surface area contributed by atoms with E-state index in [0.29, 0.717) is 26.7 Å². The van der Waals surface area contributed by atoms with Gasteiger partial charge >= 0.3 is 0 Å². The second kappa shape index (κ2) is 8.98. The molecule has 0 saturated carbocycles. The van der Waals surface area contributed by atoms with Gasteiger partial charge in [0.05, 0.1) is 27.2 Å². The highest BCUT2D eigenvalue weighted by molar-refractivity contribution is 8.18. The molecule has 30 heavy (non-hydrogen) atoms. The minimum absolute atomic E-state index is 0.0662. The smallest absolute Gasteiger partial charge is 0.267 e. The molecule has 1 aliphatic heterocycles. The molecule has 0 bridgehead atoms. The van der Waals surface area contributed by atoms with Crippen molar-refractivity contribution >= 4 is 69.1 Å².